The first kappa shape index (κ1) is 13.1. The Morgan fingerprint density at radius 3 is 2.17 bits per heavy atom. The molecule has 1 saturated heterocycles. The van der Waals surface area contributed by atoms with Crippen LogP contribution in [0, 0.1) is 0 Å². The molecule has 1 aliphatic rings. The molecule has 1 fully saturated rings. The fraction of sp³-hybridized carbons (Fsp3) is 0.538. The van der Waals surface area contributed by atoms with Gasteiger partial charge in [0.05, 0.1) is 5.56 Å². The highest BCUT2D eigenvalue weighted by atomic mass is 19.4. The summed E-state index contributed by atoms with van der Waals surface area (Å²) in [5.74, 6) is 0. The van der Waals surface area contributed by atoms with E-state index in [1.165, 1.54) is 12.1 Å². The van der Waals surface area contributed by atoms with Crippen molar-refractivity contribution >= 4 is 11.4 Å². The molecule has 2 rings (SSSR count). The van der Waals surface area contributed by atoms with Crippen molar-refractivity contribution in [3.63, 3.8) is 0 Å². The van der Waals surface area contributed by atoms with Gasteiger partial charge < -0.3 is 10.6 Å². The number of alkyl halides is 3. The monoisotopic (exact) mass is 258 g/mol. The van der Waals surface area contributed by atoms with Crippen molar-refractivity contribution in [1.82, 2.24) is 0 Å². The number of nitrogen functional groups attached to an aromatic ring is 1. The summed E-state index contributed by atoms with van der Waals surface area (Å²) in [6, 6.07) is 4.05. The van der Waals surface area contributed by atoms with Crippen LogP contribution < -0.4 is 10.6 Å². The molecule has 0 atom stereocenters. The second-order valence-corrected chi connectivity index (χ2v) is 4.68. The zero-order valence-electron chi connectivity index (χ0n) is 10.1. The number of hydrogen-bond donors (Lipinski definition) is 1. The van der Waals surface area contributed by atoms with Crippen LogP contribution in [0.2, 0.25) is 0 Å². The van der Waals surface area contributed by atoms with Crippen LogP contribution in [-0.4, -0.2) is 13.1 Å². The summed E-state index contributed by atoms with van der Waals surface area (Å²) in [6.07, 6.45) is -0.278. The maximum atomic E-state index is 13.0. The van der Waals surface area contributed by atoms with Gasteiger partial charge in [-0.3, -0.25) is 0 Å². The highest BCUT2D eigenvalue weighted by molar-refractivity contribution is 5.61. The van der Waals surface area contributed by atoms with Crippen molar-refractivity contribution in [2.45, 2.75) is 31.9 Å². The molecular formula is C13H17F3N2. The van der Waals surface area contributed by atoms with Gasteiger partial charge in [-0.25, -0.2) is 0 Å². The van der Waals surface area contributed by atoms with Crippen LogP contribution in [0.4, 0.5) is 24.5 Å². The Morgan fingerprint density at radius 2 is 1.61 bits per heavy atom. The van der Waals surface area contributed by atoms with Gasteiger partial charge in [-0.15, -0.1) is 0 Å². The first-order chi connectivity index (χ1) is 8.48. The maximum Gasteiger partial charge on any atom is 0.418 e. The molecule has 1 aromatic carbocycles. The largest absolute Gasteiger partial charge is 0.418 e. The van der Waals surface area contributed by atoms with E-state index in [2.05, 4.69) is 0 Å². The maximum absolute atomic E-state index is 13.0. The predicted octanol–water partition coefficient (Wildman–Crippen LogP) is 3.67. The molecule has 1 heterocycles. The van der Waals surface area contributed by atoms with E-state index in [4.69, 9.17) is 5.73 Å². The molecule has 0 saturated carbocycles. The summed E-state index contributed by atoms with van der Waals surface area (Å²) in [7, 11) is 0. The van der Waals surface area contributed by atoms with Gasteiger partial charge >= 0.3 is 6.18 Å². The third-order valence-corrected chi connectivity index (χ3v) is 3.27. The molecule has 2 nitrogen and oxygen atoms in total. The minimum atomic E-state index is -4.35. The van der Waals surface area contributed by atoms with Crippen LogP contribution in [-0.2, 0) is 6.18 Å². The van der Waals surface area contributed by atoms with E-state index in [9.17, 15) is 13.2 Å². The molecule has 5 heteroatoms. The minimum Gasteiger partial charge on any atom is -0.399 e. The molecule has 0 bridgehead atoms. The lowest BCUT2D eigenvalue weighted by atomic mass is 10.1. The normalized spacial score (nSPS) is 17.6. The first-order valence-corrected chi connectivity index (χ1v) is 6.20. The van der Waals surface area contributed by atoms with Crippen LogP contribution in [0.15, 0.2) is 18.2 Å². The predicted molar refractivity (Wildman–Crippen MR) is 66.5 cm³/mol. The SMILES string of the molecule is Nc1ccc(N2CCCCCC2)c(C(F)(F)F)c1. The molecular weight excluding hydrogens is 241 g/mol. The topological polar surface area (TPSA) is 29.3 Å². The van der Waals surface area contributed by atoms with Gasteiger partial charge in [0.2, 0.25) is 0 Å². The number of nitrogens with two attached hydrogens (primary N) is 1. The molecule has 1 aromatic rings. The van der Waals surface area contributed by atoms with Gasteiger partial charge in [0, 0.05) is 24.5 Å². The van der Waals surface area contributed by atoms with E-state index in [1.807, 2.05) is 4.90 Å². The Bertz CT molecular complexity index is 407. The van der Waals surface area contributed by atoms with Crippen LogP contribution >= 0.6 is 0 Å². The van der Waals surface area contributed by atoms with Crippen molar-refractivity contribution in [3.8, 4) is 0 Å². The second kappa shape index (κ2) is 5.08. The molecule has 1 aliphatic heterocycles. The Hall–Kier alpha value is -1.39. The molecule has 0 aliphatic carbocycles. The van der Waals surface area contributed by atoms with Crippen LogP contribution in [0.1, 0.15) is 31.2 Å². The van der Waals surface area contributed by atoms with E-state index < -0.39 is 11.7 Å². The smallest absolute Gasteiger partial charge is 0.399 e. The zero-order chi connectivity index (χ0) is 13.2. The Labute approximate surface area is 105 Å². The van der Waals surface area contributed by atoms with Gasteiger partial charge in [-0.05, 0) is 31.0 Å². The van der Waals surface area contributed by atoms with Crippen molar-refractivity contribution in [3.05, 3.63) is 23.8 Å². The number of rotatable bonds is 1. The van der Waals surface area contributed by atoms with Crippen molar-refractivity contribution in [2.75, 3.05) is 23.7 Å². The van der Waals surface area contributed by atoms with E-state index in [-0.39, 0.29) is 11.4 Å². The lowest BCUT2D eigenvalue weighted by Crippen LogP contribution is -2.26. The molecule has 0 spiro atoms. The van der Waals surface area contributed by atoms with Crippen LogP contribution in [0.5, 0.6) is 0 Å². The van der Waals surface area contributed by atoms with E-state index in [0.717, 1.165) is 31.7 Å². The van der Waals surface area contributed by atoms with E-state index in [0.29, 0.717) is 13.1 Å². The lowest BCUT2D eigenvalue weighted by molar-refractivity contribution is -0.137. The Kier molecular flexibility index (Phi) is 3.68. The first-order valence-electron chi connectivity index (χ1n) is 6.20. The summed E-state index contributed by atoms with van der Waals surface area (Å²) < 4.78 is 39.0. The van der Waals surface area contributed by atoms with Gasteiger partial charge in [0.25, 0.3) is 0 Å². The number of nitrogens with zero attached hydrogens (tertiary/aromatic N) is 1. The van der Waals surface area contributed by atoms with Gasteiger partial charge in [0.1, 0.15) is 0 Å². The third kappa shape index (κ3) is 2.89. The molecule has 0 amide bonds. The van der Waals surface area contributed by atoms with Crippen LogP contribution in [0.3, 0.4) is 0 Å². The quantitative estimate of drug-likeness (QED) is 0.779. The summed E-state index contributed by atoms with van der Waals surface area (Å²) >= 11 is 0. The Morgan fingerprint density at radius 1 is 1.00 bits per heavy atom. The summed E-state index contributed by atoms with van der Waals surface area (Å²) in [4.78, 5) is 1.83. The Balaban J connectivity index is 2.36. The number of hydrogen-bond acceptors (Lipinski definition) is 2. The number of benzene rings is 1. The highest BCUT2D eigenvalue weighted by Crippen LogP contribution is 2.38. The van der Waals surface area contributed by atoms with Crippen molar-refractivity contribution < 1.29 is 13.2 Å². The van der Waals surface area contributed by atoms with Gasteiger partial charge in [0.15, 0.2) is 0 Å². The highest BCUT2D eigenvalue weighted by Gasteiger charge is 2.35. The molecule has 0 unspecified atom stereocenters. The number of anilines is 2. The molecule has 100 valence electrons. The van der Waals surface area contributed by atoms with Gasteiger partial charge in [-0.1, -0.05) is 12.8 Å². The third-order valence-electron chi connectivity index (χ3n) is 3.27. The number of halogens is 3. The minimum absolute atomic E-state index is 0.154. The zero-order valence-corrected chi connectivity index (χ0v) is 10.1. The summed E-state index contributed by atoms with van der Waals surface area (Å²) in [6.45, 7) is 1.37. The average Bonchev–Trinajstić information content (AvgIpc) is 2.56. The van der Waals surface area contributed by atoms with E-state index in [1.54, 1.807) is 0 Å². The molecule has 0 radical (unpaired) electrons. The van der Waals surface area contributed by atoms with E-state index >= 15 is 0 Å². The molecule has 2 N–H and O–H groups in total. The summed E-state index contributed by atoms with van der Waals surface area (Å²) in [5, 5.41) is 0. The van der Waals surface area contributed by atoms with Crippen molar-refractivity contribution in [1.29, 1.82) is 0 Å². The molecule has 0 aromatic heterocycles. The fourth-order valence-corrected chi connectivity index (χ4v) is 2.37. The van der Waals surface area contributed by atoms with Crippen LogP contribution in [0.25, 0.3) is 0 Å². The second-order valence-electron chi connectivity index (χ2n) is 4.68. The average molecular weight is 258 g/mol. The van der Waals surface area contributed by atoms with Gasteiger partial charge in [-0.2, -0.15) is 13.2 Å². The summed E-state index contributed by atoms with van der Waals surface area (Å²) in [5.41, 5.74) is 5.26. The lowest BCUT2D eigenvalue weighted by Gasteiger charge is -2.26. The molecule has 18 heavy (non-hydrogen) atoms. The standard InChI is InChI=1S/C13H17F3N2/c14-13(15,16)11-9-10(17)5-6-12(11)18-7-3-1-2-4-8-18/h5-6,9H,1-4,7-8,17H2. The van der Waals surface area contributed by atoms with Crippen molar-refractivity contribution in [2.24, 2.45) is 0 Å². The fourth-order valence-electron chi connectivity index (χ4n) is 2.37.